The molecule has 0 bridgehead atoms. The molecule has 7 heteroatoms. The average Bonchev–Trinajstić information content (AvgIpc) is 2.88. The number of likely N-dealkylation sites (tertiary alicyclic amines) is 1. The van der Waals surface area contributed by atoms with Gasteiger partial charge in [0.1, 0.15) is 0 Å². The minimum absolute atomic E-state index is 0.106. The van der Waals surface area contributed by atoms with E-state index in [-0.39, 0.29) is 23.4 Å². The van der Waals surface area contributed by atoms with Crippen molar-refractivity contribution in [2.75, 3.05) is 31.1 Å². The normalized spacial score (nSPS) is 19.9. The molecule has 0 radical (unpaired) electrons. The molecule has 34 heavy (non-hydrogen) atoms. The van der Waals surface area contributed by atoms with Crippen LogP contribution in [0.1, 0.15) is 31.2 Å². The molecule has 2 aliphatic heterocycles. The van der Waals surface area contributed by atoms with Gasteiger partial charge in [0.05, 0.1) is 17.0 Å². The van der Waals surface area contributed by atoms with Gasteiger partial charge in [0, 0.05) is 45.8 Å². The number of carbonyl (C=O) groups is 1. The second kappa shape index (κ2) is 9.97. The lowest BCUT2D eigenvalue weighted by Crippen LogP contribution is -2.50. The molecule has 1 amide bonds. The first-order valence-electron chi connectivity index (χ1n) is 12.4. The first kappa shape index (κ1) is 22.6. The van der Waals surface area contributed by atoms with Crippen molar-refractivity contribution in [3.8, 4) is 0 Å². The van der Waals surface area contributed by atoms with E-state index in [9.17, 15) is 9.59 Å². The van der Waals surface area contributed by atoms with Crippen LogP contribution in [0.2, 0.25) is 0 Å². The van der Waals surface area contributed by atoms with Crippen molar-refractivity contribution in [1.82, 2.24) is 19.8 Å². The molecule has 1 atom stereocenters. The second-order valence-electron chi connectivity index (χ2n) is 9.62. The van der Waals surface area contributed by atoms with Gasteiger partial charge in [0.25, 0.3) is 5.56 Å². The maximum Gasteiger partial charge on any atom is 0.293 e. The Labute approximate surface area is 200 Å². The standard InChI is InChI=1S/C27H33N5O2/c1-30-24-12-6-5-11-23(24)29-25(27(30)34)32-15-7-10-21(19-32)26(33)28-22-13-16-31(17-14-22)18-20-8-3-2-4-9-20/h2-6,8-9,11-12,21-22H,7,10,13-19H2,1H3,(H,28,33)/t21-/m0/s1. The number of anilines is 1. The number of hydrogen-bond donors (Lipinski definition) is 1. The minimum Gasteiger partial charge on any atom is -0.353 e. The molecule has 3 heterocycles. The van der Waals surface area contributed by atoms with E-state index in [0.717, 1.165) is 62.9 Å². The van der Waals surface area contributed by atoms with E-state index < -0.39 is 0 Å². The Morgan fingerprint density at radius 1 is 1.00 bits per heavy atom. The molecular weight excluding hydrogens is 426 g/mol. The van der Waals surface area contributed by atoms with Crippen LogP contribution in [0.25, 0.3) is 11.0 Å². The predicted octanol–water partition coefficient (Wildman–Crippen LogP) is 2.93. The van der Waals surface area contributed by atoms with E-state index >= 15 is 0 Å². The Balaban J connectivity index is 1.19. The molecule has 1 aromatic heterocycles. The van der Waals surface area contributed by atoms with E-state index in [4.69, 9.17) is 0 Å². The summed E-state index contributed by atoms with van der Waals surface area (Å²) in [5, 5.41) is 3.30. The second-order valence-corrected chi connectivity index (χ2v) is 9.62. The Morgan fingerprint density at radius 2 is 1.74 bits per heavy atom. The number of nitrogens with zero attached hydrogens (tertiary/aromatic N) is 4. The number of amides is 1. The van der Waals surface area contributed by atoms with Crippen LogP contribution in [0.5, 0.6) is 0 Å². The summed E-state index contributed by atoms with van der Waals surface area (Å²) in [6.07, 6.45) is 3.68. The highest BCUT2D eigenvalue weighted by Crippen LogP contribution is 2.22. The summed E-state index contributed by atoms with van der Waals surface area (Å²) in [6.45, 7) is 4.25. The van der Waals surface area contributed by atoms with Crippen LogP contribution in [0.15, 0.2) is 59.4 Å². The van der Waals surface area contributed by atoms with Gasteiger partial charge in [-0.15, -0.1) is 0 Å². The van der Waals surface area contributed by atoms with Crippen molar-refractivity contribution in [1.29, 1.82) is 0 Å². The monoisotopic (exact) mass is 459 g/mol. The van der Waals surface area contributed by atoms with Gasteiger partial charge < -0.3 is 14.8 Å². The van der Waals surface area contributed by atoms with Crippen LogP contribution in [0, 0.1) is 5.92 Å². The number of benzene rings is 2. The van der Waals surface area contributed by atoms with Gasteiger partial charge in [0.2, 0.25) is 5.91 Å². The molecule has 2 aliphatic rings. The van der Waals surface area contributed by atoms with Crippen molar-refractivity contribution in [3.63, 3.8) is 0 Å². The smallest absolute Gasteiger partial charge is 0.293 e. The van der Waals surface area contributed by atoms with Crippen molar-refractivity contribution in [2.45, 2.75) is 38.3 Å². The highest BCUT2D eigenvalue weighted by molar-refractivity contribution is 5.80. The first-order valence-corrected chi connectivity index (χ1v) is 12.4. The molecule has 2 fully saturated rings. The number of para-hydroxylation sites is 2. The van der Waals surface area contributed by atoms with Crippen molar-refractivity contribution >= 4 is 22.8 Å². The molecule has 2 saturated heterocycles. The molecule has 2 aromatic carbocycles. The van der Waals surface area contributed by atoms with Gasteiger partial charge >= 0.3 is 0 Å². The highest BCUT2D eigenvalue weighted by Gasteiger charge is 2.30. The fraction of sp³-hybridized carbons (Fsp3) is 0.444. The summed E-state index contributed by atoms with van der Waals surface area (Å²) in [7, 11) is 1.79. The summed E-state index contributed by atoms with van der Waals surface area (Å²) in [5.74, 6) is 0.450. The molecule has 0 saturated carbocycles. The van der Waals surface area contributed by atoms with Crippen molar-refractivity contribution < 1.29 is 4.79 Å². The van der Waals surface area contributed by atoms with E-state index in [0.29, 0.717) is 12.4 Å². The van der Waals surface area contributed by atoms with Crippen molar-refractivity contribution in [3.05, 3.63) is 70.5 Å². The van der Waals surface area contributed by atoms with E-state index in [1.54, 1.807) is 11.6 Å². The molecule has 3 aromatic rings. The number of nitrogens with one attached hydrogen (secondary N) is 1. The van der Waals surface area contributed by atoms with Crippen LogP contribution < -0.4 is 15.8 Å². The van der Waals surface area contributed by atoms with E-state index in [1.807, 2.05) is 35.2 Å². The third kappa shape index (κ3) is 4.85. The number of piperidine rings is 2. The molecule has 0 unspecified atom stereocenters. The topological polar surface area (TPSA) is 70.5 Å². The largest absolute Gasteiger partial charge is 0.353 e. The van der Waals surface area contributed by atoms with Crippen LogP contribution in [0.3, 0.4) is 0 Å². The summed E-state index contributed by atoms with van der Waals surface area (Å²) in [4.78, 5) is 35.2. The van der Waals surface area contributed by atoms with Crippen molar-refractivity contribution in [2.24, 2.45) is 13.0 Å². The SMILES string of the molecule is Cn1c(=O)c(N2CCC[C@H](C(=O)NC3CCN(Cc4ccccc4)CC3)C2)nc2ccccc21. The zero-order valence-corrected chi connectivity index (χ0v) is 19.8. The lowest BCUT2D eigenvalue weighted by molar-refractivity contribution is -0.126. The zero-order valence-electron chi connectivity index (χ0n) is 19.8. The fourth-order valence-corrected chi connectivity index (χ4v) is 5.25. The third-order valence-corrected chi connectivity index (χ3v) is 7.24. The predicted molar refractivity (Wildman–Crippen MR) is 135 cm³/mol. The number of carbonyl (C=O) groups excluding carboxylic acids is 1. The van der Waals surface area contributed by atoms with Crippen LogP contribution in [-0.2, 0) is 18.4 Å². The molecule has 7 nitrogen and oxygen atoms in total. The Kier molecular flexibility index (Phi) is 6.63. The summed E-state index contributed by atoms with van der Waals surface area (Å²) in [5.41, 5.74) is 2.85. The van der Waals surface area contributed by atoms with Gasteiger partial charge in [-0.1, -0.05) is 42.5 Å². The van der Waals surface area contributed by atoms with Gasteiger partial charge in [-0.25, -0.2) is 4.98 Å². The van der Waals surface area contributed by atoms with Gasteiger partial charge in [-0.05, 0) is 43.4 Å². The quantitative estimate of drug-likeness (QED) is 0.635. The number of rotatable bonds is 5. The highest BCUT2D eigenvalue weighted by atomic mass is 16.2. The lowest BCUT2D eigenvalue weighted by atomic mass is 9.95. The van der Waals surface area contributed by atoms with E-state index in [1.165, 1.54) is 5.56 Å². The average molecular weight is 460 g/mol. The van der Waals surface area contributed by atoms with Crippen LogP contribution in [0.4, 0.5) is 5.82 Å². The van der Waals surface area contributed by atoms with Gasteiger partial charge in [0.15, 0.2) is 5.82 Å². The summed E-state index contributed by atoms with van der Waals surface area (Å²) >= 11 is 0. The molecule has 0 aliphatic carbocycles. The lowest BCUT2D eigenvalue weighted by Gasteiger charge is -2.35. The maximum absolute atomic E-state index is 13.1. The Bertz CT molecular complexity index is 1200. The number of fused-ring (bicyclic) bond motifs is 1. The van der Waals surface area contributed by atoms with Crippen LogP contribution >= 0.6 is 0 Å². The zero-order chi connectivity index (χ0) is 23.5. The fourth-order valence-electron chi connectivity index (χ4n) is 5.25. The van der Waals surface area contributed by atoms with Gasteiger partial charge in [-0.2, -0.15) is 0 Å². The Hall–Kier alpha value is -3.19. The molecule has 178 valence electrons. The van der Waals surface area contributed by atoms with Crippen LogP contribution in [-0.4, -0.2) is 52.6 Å². The summed E-state index contributed by atoms with van der Waals surface area (Å²) < 4.78 is 1.66. The number of aryl methyl sites for hydroxylation is 1. The number of aromatic nitrogens is 2. The molecule has 5 rings (SSSR count). The minimum atomic E-state index is -0.117. The summed E-state index contributed by atoms with van der Waals surface area (Å²) in [6, 6.07) is 18.4. The molecule has 1 N–H and O–H groups in total. The van der Waals surface area contributed by atoms with E-state index in [2.05, 4.69) is 39.5 Å². The third-order valence-electron chi connectivity index (χ3n) is 7.24. The molecule has 0 spiro atoms. The number of hydrogen-bond acceptors (Lipinski definition) is 5. The molecular formula is C27H33N5O2. The maximum atomic E-state index is 13.1. The first-order chi connectivity index (χ1) is 16.6. The van der Waals surface area contributed by atoms with Gasteiger partial charge in [-0.3, -0.25) is 14.5 Å². The Morgan fingerprint density at radius 3 is 2.53 bits per heavy atom.